The molecule has 1 aromatic carbocycles. The van der Waals surface area contributed by atoms with Gasteiger partial charge in [-0.1, -0.05) is 37.6 Å². The van der Waals surface area contributed by atoms with E-state index in [9.17, 15) is 23.3 Å². The van der Waals surface area contributed by atoms with Crippen LogP contribution in [0.5, 0.6) is 0 Å². The number of likely N-dealkylation sites (tertiary alicyclic amines) is 1. The Morgan fingerprint density at radius 3 is 2.55 bits per heavy atom. The summed E-state index contributed by atoms with van der Waals surface area (Å²) in [4.78, 5) is 27.0. The summed E-state index contributed by atoms with van der Waals surface area (Å²) in [7, 11) is -3.84. The molecule has 2 fully saturated rings. The van der Waals surface area contributed by atoms with Crippen molar-refractivity contribution >= 4 is 33.3 Å². The van der Waals surface area contributed by atoms with Gasteiger partial charge >= 0.3 is 0 Å². The average Bonchev–Trinajstić information content (AvgIpc) is 3.26. The molecule has 1 aliphatic carbocycles. The van der Waals surface area contributed by atoms with Crippen molar-refractivity contribution in [2.75, 3.05) is 6.54 Å². The van der Waals surface area contributed by atoms with Gasteiger partial charge in [0.1, 0.15) is 11.6 Å². The minimum atomic E-state index is -3.84. The fourth-order valence-electron chi connectivity index (χ4n) is 3.58. The normalized spacial score (nSPS) is 22.9. The van der Waals surface area contributed by atoms with Gasteiger partial charge in [0.05, 0.1) is 21.2 Å². The Bertz CT molecular complexity index is 966. The van der Waals surface area contributed by atoms with E-state index in [1.807, 2.05) is 13.8 Å². The van der Waals surface area contributed by atoms with E-state index < -0.39 is 32.6 Å². The highest BCUT2D eigenvalue weighted by atomic mass is 35.5. The number of amides is 2. The zero-order valence-corrected chi connectivity index (χ0v) is 18.0. The van der Waals surface area contributed by atoms with Crippen molar-refractivity contribution in [1.82, 2.24) is 10.2 Å². The van der Waals surface area contributed by atoms with Crippen LogP contribution in [0.4, 0.5) is 0 Å². The van der Waals surface area contributed by atoms with Crippen LogP contribution in [0.25, 0.3) is 0 Å². The molecule has 0 spiro atoms. The molecule has 2 amide bonds. The minimum Gasteiger partial charge on any atom is -0.336 e. The lowest BCUT2D eigenvalue weighted by Crippen LogP contribution is -2.49. The molecule has 1 saturated heterocycles. The Kier molecular flexibility index (Phi) is 5.93. The Balaban J connectivity index is 1.88. The third-order valence-electron chi connectivity index (χ3n) is 5.38. The first-order chi connectivity index (χ1) is 13.6. The van der Waals surface area contributed by atoms with E-state index in [-0.39, 0.29) is 41.1 Å². The van der Waals surface area contributed by atoms with Crippen molar-refractivity contribution in [3.63, 3.8) is 0 Å². The second-order valence-electron chi connectivity index (χ2n) is 8.18. The molecular weight excluding hydrogens is 414 g/mol. The Hall–Kier alpha value is -2.11. The van der Waals surface area contributed by atoms with Gasteiger partial charge in [0, 0.05) is 13.0 Å². The second-order valence-corrected chi connectivity index (χ2v) is 10.8. The number of hydrogen-bond acceptors (Lipinski definition) is 5. The molecule has 9 heteroatoms. The lowest BCUT2D eigenvalue weighted by Gasteiger charge is -2.25. The predicted octanol–water partition coefficient (Wildman–Crippen LogP) is 2.30. The smallest absolute Gasteiger partial charge is 0.244 e. The predicted molar refractivity (Wildman–Crippen MR) is 108 cm³/mol. The van der Waals surface area contributed by atoms with Crippen molar-refractivity contribution in [3.05, 3.63) is 29.3 Å². The first kappa shape index (κ1) is 21.6. The first-order valence-corrected chi connectivity index (χ1v) is 11.5. The van der Waals surface area contributed by atoms with Gasteiger partial charge in [-0.25, -0.2) is 8.42 Å². The molecule has 156 valence electrons. The molecule has 1 N–H and O–H groups in total. The maximum Gasteiger partial charge on any atom is 0.244 e. The van der Waals surface area contributed by atoms with Gasteiger partial charge in [0.15, 0.2) is 9.84 Å². The van der Waals surface area contributed by atoms with Crippen molar-refractivity contribution < 1.29 is 18.0 Å². The minimum absolute atomic E-state index is 0.000304. The highest BCUT2D eigenvalue weighted by Gasteiger charge is 2.50. The summed E-state index contributed by atoms with van der Waals surface area (Å²) >= 11 is 6.09. The number of nitriles is 1. The third kappa shape index (κ3) is 4.41. The summed E-state index contributed by atoms with van der Waals surface area (Å²) in [5, 5.41) is 11.1. The van der Waals surface area contributed by atoms with E-state index in [0.717, 1.165) is 0 Å². The van der Waals surface area contributed by atoms with Gasteiger partial charge in [-0.15, -0.1) is 0 Å². The van der Waals surface area contributed by atoms with Crippen LogP contribution in [0.1, 0.15) is 39.5 Å². The van der Waals surface area contributed by atoms with Crippen LogP contribution in [-0.4, -0.2) is 48.5 Å². The molecule has 0 bridgehead atoms. The SMILES string of the molecule is CC(C)CC(=O)N1C[C@H](S(=O)(=O)c2ccccc2Cl)CC1C(=O)NC1(C#N)CC1. The lowest BCUT2D eigenvalue weighted by molar-refractivity contribution is -0.139. The molecule has 3 rings (SSSR count). The standard InChI is InChI=1S/C20H24ClN3O4S/c1-13(2)9-18(25)24-11-14(29(27,28)17-6-4-3-5-15(17)21)10-16(24)19(26)23-20(12-22)7-8-20/h3-6,13-14,16H,7-11H2,1-2H3,(H,23,26)/t14-,16?/m1/s1. The molecule has 2 atom stereocenters. The molecule has 7 nitrogen and oxygen atoms in total. The molecule has 1 aromatic rings. The number of benzene rings is 1. The highest BCUT2D eigenvalue weighted by molar-refractivity contribution is 7.92. The molecule has 29 heavy (non-hydrogen) atoms. The van der Waals surface area contributed by atoms with Crippen LogP contribution in [-0.2, 0) is 19.4 Å². The Labute approximate surface area is 175 Å². The number of nitrogens with one attached hydrogen (secondary N) is 1. The van der Waals surface area contributed by atoms with Gasteiger partial charge in [0.2, 0.25) is 11.8 Å². The molecule has 1 heterocycles. The molecule has 0 radical (unpaired) electrons. The molecule has 1 aliphatic heterocycles. The molecule has 1 unspecified atom stereocenters. The quantitative estimate of drug-likeness (QED) is 0.734. The van der Waals surface area contributed by atoms with E-state index >= 15 is 0 Å². The van der Waals surface area contributed by atoms with Gasteiger partial charge in [-0.3, -0.25) is 9.59 Å². The zero-order chi connectivity index (χ0) is 21.4. The molecular formula is C20H24ClN3O4S. The summed E-state index contributed by atoms with van der Waals surface area (Å²) < 4.78 is 26.3. The van der Waals surface area contributed by atoms with Gasteiger partial charge in [-0.05, 0) is 37.3 Å². The van der Waals surface area contributed by atoms with Crippen molar-refractivity contribution in [2.24, 2.45) is 5.92 Å². The number of hydrogen-bond donors (Lipinski definition) is 1. The number of carbonyl (C=O) groups excluding carboxylic acids is 2. The van der Waals surface area contributed by atoms with Crippen molar-refractivity contribution in [2.45, 2.75) is 61.3 Å². The molecule has 0 aromatic heterocycles. The zero-order valence-electron chi connectivity index (χ0n) is 16.4. The molecule has 1 saturated carbocycles. The van der Waals surface area contributed by atoms with E-state index in [1.54, 1.807) is 12.1 Å². The van der Waals surface area contributed by atoms with Gasteiger partial charge in [-0.2, -0.15) is 5.26 Å². The van der Waals surface area contributed by atoms with Crippen molar-refractivity contribution in [3.8, 4) is 6.07 Å². The number of rotatable bonds is 6. The highest BCUT2D eigenvalue weighted by Crippen LogP contribution is 2.36. The van der Waals surface area contributed by atoms with Gasteiger partial charge < -0.3 is 10.2 Å². The van der Waals surface area contributed by atoms with Crippen molar-refractivity contribution in [1.29, 1.82) is 5.26 Å². The lowest BCUT2D eigenvalue weighted by atomic mass is 10.1. The van der Waals surface area contributed by atoms with E-state index in [1.165, 1.54) is 17.0 Å². The second kappa shape index (κ2) is 7.96. The van der Waals surface area contributed by atoms with Crippen LogP contribution in [0.15, 0.2) is 29.2 Å². The maximum absolute atomic E-state index is 13.2. The fourth-order valence-corrected chi connectivity index (χ4v) is 5.79. The van der Waals surface area contributed by atoms with E-state index in [2.05, 4.69) is 11.4 Å². The Morgan fingerprint density at radius 1 is 1.34 bits per heavy atom. The fraction of sp³-hybridized carbons (Fsp3) is 0.550. The number of carbonyl (C=O) groups is 2. The van der Waals surface area contributed by atoms with Crippen LogP contribution in [0, 0.1) is 17.2 Å². The summed E-state index contributed by atoms with van der Waals surface area (Å²) in [5.41, 5.74) is -0.885. The summed E-state index contributed by atoms with van der Waals surface area (Å²) in [6, 6.07) is 7.32. The molecule has 2 aliphatic rings. The maximum atomic E-state index is 13.2. The summed E-state index contributed by atoms with van der Waals surface area (Å²) in [5.74, 6) is -0.670. The first-order valence-electron chi connectivity index (χ1n) is 9.61. The largest absolute Gasteiger partial charge is 0.336 e. The number of nitrogens with zero attached hydrogens (tertiary/aromatic N) is 2. The van der Waals surface area contributed by atoms with Crippen LogP contribution in [0.3, 0.4) is 0 Å². The Morgan fingerprint density at radius 2 is 2.00 bits per heavy atom. The topological polar surface area (TPSA) is 107 Å². The monoisotopic (exact) mass is 437 g/mol. The average molecular weight is 438 g/mol. The number of halogens is 1. The van der Waals surface area contributed by atoms with Crippen LogP contribution < -0.4 is 5.32 Å². The third-order valence-corrected chi connectivity index (χ3v) is 8.01. The van der Waals surface area contributed by atoms with Crippen LogP contribution in [0.2, 0.25) is 5.02 Å². The van der Waals surface area contributed by atoms with E-state index in [0.29, 0.717) is 12.8 Å². The number of sulfone groups is 1. The van der Waals surface area contributed by atoms with Gasteiger partial charge in [0.25, 0.3) is 0 Å². The summed E-state index contributed by atoms with van der Waals surface area (Å²) in [6.45, 7) is 3.70. The van der Waals surface area contributed by atoms with E-state index in [4.69, 9.17) is 11.6 Å². The van der Waals surface area contributed by atoms with Crippen LogP contribution >= 0.6 is 11.6 Å². The summed E-state index contributed by atoms with van der Waals surface area (Å²) in [6.07, 6.45) is 1.31.